The van der Waals surface area contributed by atoms with Crippen molar-refractivity contribution >= 4 is 87.8 Å². The van der Waals surface area contributed by atoms with Crippen LogP contribution in [0.5, 0.6) is 0 Å². The predicted molar refractivity (Wildman–Crippen MR) is 148 cm³/mol. The fourth-order valence-electron chi connectivity index (χ4n) is 3.48. The van der Waals surface area contributed by atoms with E-state index in [0.717, 1.165) is 20.1 Å². The van der Waals surface area contributed by atoms with E-state index in [9.17, 15) is 14.4 Å². The standard InChI is InChI=1S/C25H19Br3N4O3/c1-13-3-6-20(18(28)9-13)30-24(34)25(35)31-32-21-8-5-17(27)11-15(21)12-22(32)23(33)29-19-7-4-16(26)10-14(19)2/h3-12H,1-2H3,(H,29,33)(H,30,34)(H,31,35). The molecule has 0 spiro atoms. The summed E-state index contributed by atoms with van der Waals surface area (Å²) >= 11 is 10.2. The Labute approximate surface area is 226 Å². The zero-order valence-electron chi connectivity index (χ0n) is 18.6. The van der Waals surface area contributed by atoms with Crippen molar-refractivity contribution in [3.8, 4) is 0 Å². The van der Waals surface area contributed by atoms with Gasteiger partial charge in [0, 0.05) is 24.5 Å². The number of rotatable bonds is 4. The van der Waals surface area contributed by atoms with Gasteiger partial charge in [0.25, 0.3) is 5.91 Å². The van der Waals surface area contributed by atoms with E-state index in [4.69, 9.17) is 0 Å². The number of anilines is 2. The number of fused-ring (bicyclic) bond motifs is 1. The maximum Gasteiger partial charge on any atom is 0.328 e. The molecule has 0 aliphatic rings. The number of nitrogens with zero attached hydrogens (tertiary/aromatic N) is 1. The second kappa shape index (κ2) is 10.3. The summed E-state index contributed by atoms with van der Waals surface area (Å²) < 4.78 is 3.67. The van der Waals surface area contributed by atoms with Gasteiger partial charge < -0.3 is 10.6 Å². The third-order valence-electron chi connectivity index (χ3n) is 5.23. The van der Waals surface area contributed by atoms with Crippen molar-refractivity contribution in [2.24, 2.45) is 0 Å². The Kier molecular flexibility index (Phi) is 7.44. The van der Waals surface area contributed by atoms with Crippen LogP contribution in [0.25, 0.3) is 10.9 Å². The molecule has 0 saturated heterocycles. The van der Waals surface area contributed by atoms with Crippen LogP contribution >= 0.6 is 47.8 Å². The minimum Gasteiger partial charge on any atom is -0.320 e. The molecule has 178 valence electrons. The smallest absolute Gasteiger partial charge is 0.320 e. The van der Waals surface area contributed by atoms with E-state index in [1.807, 2.05) is 44.2 Å². The minimum absolute atomic E-state index is 0.165. The summed E-state index contributed by atoms with van der Waals surface area (Å²) in [6.07, 6.45) is 0. The Balaban J connectivity index is 1.64. The maximum absolute atomic E-state index is 13.2. The number of nitrogens with one attached hydrogen (secondary N) is 3. The summed E-state index contributed by atoms with van der Waals surface area (Å²) in [6, 6.07) is 17.9. The molecule has 35 heavy (non-hydrogen) atoms. The van der Waals surface area contributed by atoms with E-state index in [2.05, 4.69) is 63.8 Å². The molecule has 0 aliphatic carbocycles. The summed E-state index contributed by atoms with van der Waals surface area (Å²) in [4.78, 5) is 38.7. The van der Waals surface area contributed by atoms with Gasteiger partial charge in [-0.2, -0.15) is 0 Å². The lowest BCUT2D eigenvalue weighted by molar-refractivity contribution is -0.133. The molecule has 3 N–H and O–H groups in total. The van der Waals surface area contributed by atoms with Gasteiger partial charge in [0.05, 0.1) is 11.2 Å². The highest BCUT2D eigenvalue weighted by atomic mass is 79.9. The van der Waals surface area contributed by atoms with E-state index < -0.39 is 17.7 Å². The SMILES string of the molecule is Cc1ccc(NC(=O)C(=O)Nn2c(C(=O)Nc3ccc(Br)cc3C)cc3cc(Br)ccc32)c(Br)c1. The van der Waals surface area contributed by atoms with Gasteiger partial charge in [0.15, 0.2) is 0 Å². The molecule has 0 atom stereocenters. The van der Waals surface area contributed by atoms with Crippen molar-refractivity contribution in [2.75, 3.05) is 16.1 Å². The third kappa shape index (κ3) is 5.66. The Morgan fingerprint density at radius 1 is 0.743 bits per heavy atom. The average molecular weight is 663 g/mol. The van der Waals surface area contributed by atoms with Gasteiger partial charge >= 0.3 is 11.8 Å². The Morgan fingerprint density at radius 2 is 1.43 bits per heavy atom. The van der Waals surface area contributed by atoms with Crippen LogP contribution in [0.2, 0.25) is 0 Å². The van der Waals surface area contributed by atoms with Crippen molar-refractivity contribution in [2.45, 2.75) is 13.8 Å². The highest BCUT2D eigenvalue weighted by molar-refractivity contribution is 9.11. The van der Waals surface area contributed by atoms with E-state index in [-0.39, 0.29) is 5.69 Å². The lowest BCUT2D eigenvalue weighted by Crippen LogP contribution is -2.36. The van der Waals surface area contributed by atoms with Gasteiger partial charge in [-0.05, 0) is 95.5 Å². The van der Waals surface area contributed by atoms with Crippen LogP contribution in [0.3, 0.4) is 0 Å². The number of halogens is 3. The lowest BCUT2D eigenvalue weighted by Gasteiger charge is -2.14. The lowest BCUT2D eigenvalue weighted by atomic mass is 10.2. The molecule has 0 saturated carbocycles. The van der Waals surface area contributed by atoms with Gasteiger partial charge in [-0.15, -0.1) is 0 Å². The number of amides is 3. The molecule has 1 aromatic heterocycles. The number of aryl methyl sites for hydroxylation is 2. The molecular weight excluding hydrogens is 644 g/mol. The molecule has 4 rings (SSSR count). The zero-order valence-corrected chi connectivity index (χ0v) is 23.3. The highest BCUT2D eigenvalue weighted by Gasteiger charge is 2.22. The van der Waals surface area contributed by atoms with Crippen LogP contribution in [0.4, 0.5) is 11.4 Å². The van der Waals surface area contributed by atoms with Gasteiger partial charge in [-0.25, -0.2) is 4.68 Å². The van der Waals surface area contributed by atoms with E-state index in [1.54, 1.807) is 30.3 Å². The van der Waals surface area contributed by atoms with Crippen LogP contribution in [-0.2, 0) is 9.59 Å². The average Bonchev–Trinajstić information content (AvgIpc) is 3.14. The maximum atomic E-state index is 13.2. The first-order valence-electron chi connectivity index (χ1n) is 10.4. The van der Waals surface area contributed by atoms with E-state index in [1.165, 1.54) is 4.68 Å². The normalized spacial score (nSPS) is 10.8. The molecular formula is C25H19Br3N4O3. The van der Waals surface area contributed by atoms with Crippen molar-refractivity contribution < 1.29 is 14.4 Å². The van der Waals surface area contributed by atoms with Crippen molar-refractivity contribution in [3.63, 3.8) is 0 Å². The Hall–Kier alpha value is -2.95. The highest BCUT2D eigenvalue weighted by Crippen LogP contribution is 2.26. The van der Waals surface area contributed by atoms with Crippen molar-refractivity contribution in [3.05, 3.63) is 90.9 Å². The third-order valence-corrected chi connectivity index (χ3v) is 6.87. The fourth-order valence-corrected chi connectivity index (χ4v) is 4.93. The summed E-state index contributed by atoms with van der Waals surface area (Å²) in [5.74, 6) is -2.24. The fraction of sp³-hybridized carbons (Fsp3) is 0.0800. The number of aromatic nitrogens is 1. The molecule has 3 amide bonds. The van der Waals surface area contributed by atoms with Crippen LogP contribution in [0, 0.1) is 13.8 Å². The topological polar surface area (TPSA) is 92.2 Å². The number of hydrogen-bond acceptors (Lipinski definition) is 3. The number of carbonyl (C=O) groups is 3. The molecule has 0 radical (unpaired) electrons. The van der Waals surface area contributed by atoms with Crippen molar-refractivity contribution in [1.29, 1.82) is 0 Å². The van der Waals surface area contributed by atoms with E-state index in [0.29, 0.717) is 26.8 Å². The molecule has 0 aliphatic heterocycles. The molecule has 7 nitrogen and oxygen atoms in total. The first-order chi connectivity index (χ1) is 16.6. The molecule has 0 fully saturated rings. The monoisotopic (exact) mass is 660 g/mol. The molecule has 1 heterocycles. The second-order valence-corrected chi connectivity index (χ2v) is 10.5. The summed E-state index contributed by atoms with van der Waals surface area (Å²) in [5, 5.41) is 6.17. The van der Waals surface area contributed by atoms with Crippen molar-refractivity contribution in [1.82, 2.24) is 4.68 Å². The zero-order chi connectivity index (χ0) is 25.3. The van der Waals surface area contributed by atoms with Crippen LogP contribution in [0.15, 0.2) is 74.1 Å². The Morgan fingerprint density at radius 3 is 2.14 bits per heavy atom. The molecule has 0 bridgehead atoms. The van der Waals surface area contributed by atoms with E-state index >= 15 is 0 Å². The van der Waals surface area contributed by atoms with Gasteiger partial charge in [0.2, 0.25) is 0 Å². The number of carbonyl (C=O) groups excluding carboxylic acids is 3. The largest absolute Gasteiger partial charge is 0.328 e. The van der Waals surface area contributed by atoms with Crippen LogP contribution in [-0.4, -0.2) is 22.4 Å². The summed E-state index contributed by atoms with van der Waals surface area (Å²) in [6.45, 7) is 3.79. The first-order valence-corrected chi connectivity index (χ1v) is 12.8. The van der Waals surface area contributed by atoms with Crippen LogP contribution < -0.4 is 16.1 Å². The first kappa shape index (κ1) is 25.2. The second-order valence-electron chi connectivity index (χ2n) is 7.86. The summed E-state index contributed by atoms with van der Waals surface area (Å²) in [5.41, 5.74) is 6.24. The summed E-state index contributed by atoms with van der Waals surface area (Å²) in [7, 11) is 0. The minimum atomic E-state index is -0.924. The number of benzene rings is 3. The van der Waals surface area contributed by atoms with Gasteiger partial charge in [-0.1, -0.05) is 37.9 Å². The molecule has 4 aromatic rings. The molecule has 3 aromatic carbocycles. The van der Waals surface area contributed by atoms with Gasteiger partial charge in [-0.3, -0.25) is 19.8 Å². The molecule has 10 heteroatoms. The Bertz CT molecular complexity index is 1500. The molecule has 0 unspecified atom stereocenters. The van der Waals surface area contributed by atoms with Gasteiger partial charge in [0.1, 0.15) is 5.69 Å². The quantitative estimate of drug-likeness (QED) is 0.218. The van der Waals surface area contributed by atoms with Crippen LogP contribution in [0.1, 0.15) is 21.6 Å². The number of hydrogen-bond donors (Lipinski definition) is 3. The predicted octanol–water partition coefficient (Wildman–Crippen LogP) is 6.51.